The number of anilines is 1. The van der Waals surface area contributed by atoms with Gasteiger partial charge < -0.3 is 5.32 Å². The zero-order chi connectivity index (χ0) is 16.0. The van der Waals surface area contributed by atoms with Crippen LogP contribution in [0.15, 0.2) is 24.3 Å². The Hall–Kier alpha value is -1.56. The Morgan fingerprint density at radius 3 is 2.24 bits per heavy atom. The largest absolute Gasteiger partial charge is 0.355 e. The molecule has 0 aromatic heterocycles. The number of amides is 1. The van der Waals surface area contributed by atoms with Gasteiger partial charge in [0.2, 0.25) is 15.9 Å². The summed E-state index contributed by atoms with van der Waals surface area (Å²) in [5, 5.41) is 2.69. The lowest BCUT2D eigenvalue weighted by molar-refractivity contribution is -0.119. The van der Waals surface area contributed by atoms with Crippen LogP contribution in [-0.4, -0.2) is 33.7 Å². The minimum atomic E-state index is -3.50. The molecule has 118 valence electrons. The van der Waals surface area contributed by atoms with Crippen molar-refractivity contribution in [2.75, 3.05) is 23.7 Å². The van der Waals surface area contributed by atoms with E-state index in [1.54, 1.807) is 12.1 Å². The topological polar surface area (TPSA) is 66.5 Å². The molecular formula is C15H24N2O3S. The van der Waals surface area contributed by atoms with Gasteiger partial charge >= 0.3 is 0 Å². The fourth-order valence-electron chi connectivity index (χ4n) is 1.88. The van der Waals surface area contributed by atoms with Crippen molar-refractivity contribution in [2.45, 2.75) is 33.1 Å². The minimum Gasteiger partial charge on any atom is -0.355 e. The van der Waals surface area contributed by atoms with Crippen molar-refractivity contribution in [3.63, 3.8) is 0 Å². The first-order valence-electron chi connectivity index (χ1n) is 7.10. The molecule has 1 aromatic carbocycles. The fourth-order valence-corrected chi connectivity index (χ4v) is 2.73. The van der Waals surface area contributed by atoms with Crippen LogP contribution in [0.5, 0.6) is 0 Å². The molecule has 0 saturated carbocycles. The van der Waals surface area contributed by atoms with E-state index in [9.17, 15) is 13.2 Å². The third kappa shape index (κ3) is 5.38. The number of benzene rings is 1. The number of carbonyl (C=O) groups is 1. The Kier molecular flexibility index (Phi) is 6.20. The van der Waals surface area contributed by atoms with Crippen molar-refractivity contribution in [1.82, 2.24) is 5.32 Å². The highest BCUT2D eigenvalue weighted by Crippen LogP contribution is 2.21. The van der Waals surface area contributed by atoms with Crippen molar-refractivity contribution in [3.8, 4) is 0 Å². The van der Waals surface area contributed by atoms with Crippen LogP contribution in [0.3, 0.4) is 0 Å². The molecule has 5 nitrogen and oxygen atoms in total. The molecule has 1 amide bonds. The van der Waals surface area contributed by atoms with E-state index in [0.29, 0.717) is 18.2 Å². The average Bonchev–Trinajstić information content (AvgIpc) is 2.41. The molecule has 1 rings (SSSR count). The summed E-state index contributed by atoms with van der Waals surface area (Å²) < 4.78 is 24.9. The predicted octanol–water partition coefficient (Wildman–Crippen LogP) is 2.10. The maximum atomic E-state index is 11.9. The molecule has 0 bridgehead atoms. The molecule has 0 spiro atoms. The van der Waals surface area contributed by atoms with E-state index in [2.05, 4.69) is 19.2 Å². The Morgan fingerprint density at radius 1 is 1.24 bits per heavy atom. The lowest BCUT2D eigenvalue weighted by atomic mass is 10.0. The third-order valence-corrected chi connectivity index (χ3v) is 4.25. The van der Waals surface area contributed by atoms with Crippen LogP contribution in [0, 0.1) is 0 Å². The van der Waals surface area contributed by atoms with Gasteiger partial charge in [-0.15, -0.1) is 0 Å². The third-order valence-electron chi connectivity index (χ3n) is 3.11. The molecule has 0 fully saturated rings. The van der Waals surface area contributed by atoms with Gasteiger partial charge in [0.1, 0.15) is 6.54 Å². The van der Waals surface area contributed by atoms with Crippen molar-refractivity contribution in [3.05, 3.63) is 29.8 Å². The summed E-state index contributed by atoms with van der Waals surface area (Å²) in [4.78, 5) is 11.8. The summed E-state index contributed by atoms with van der Waals surface area (Å²) in [5.74, 6) is 0.0776. The summed E-state index contributed by atoms with van der Waals surface area (Å²) in [6.45, 7) is 6.44. The van der Waals surface area contributed by atoms with Gasteiger partial charge in [0.15, 0.2) is 0 Å². The van der Waals surface area contributed by atoms with Crippen LogP contribution in [0.4, 0.5) is 5.69 Å². The summed E-state index contributed by atoms with van der Waals surface area (Å²) in [5.41, 5.74) is 1.64. The number of carbonyl (C=O) groups excluding carboxylic acids is 1. The lowest BCUT2D eigenvalue weighted by Gasteiger charge is -2.22. The molecule has 0 aliphatic rings. The molecule has 0 aliphatic heterocycles. The molecule has 1 aromatic rings. The molecule has 0 heterocycles. The highest BCUT2D eigenvalue weighted by Gasteiger charge is 2.20. The molecule has 0 radical (unpaired) electrons. The summed E-state index contributed by atoms with van der Waals surface area (Å²) in [6, 6.07) is 7.26. The highest BCUT2D eigenvalue weighted by molar-refractivity contribution is 7.92. The minimum absolute atomic E-state index is 0.195. The standard InChI is InChI=1S/C15H24N2O3S/c1-5-10-16-15(18)11-17(21(4,19)20)14-8-6-13(7-9-14)12(2)3/h6-9,12H,5,10-11H2,1-4H3,(H,16,18). The number of nitrogens with one attached hydrogen (secondary N) is 1. The first kappa shape index (κ1) is 17.5. The second-order valence-corrected chi connectivity index (χ2v) is 7.27. The molecule has 6 heteroatoms. The van der Waals surface area contributed by atoms with Crippen molar-refractivity contribution < 1.29 is 13.2 Å². The van der Waals surface area contributed by atoms with Gasteiger partial charge in [0.05, 0.1) is 11.9 Å². The van der Waals surface area contributed by atoms with Gasteiger partial charge in [-0.05, 0) is 30.0 Å². The number of rotatable bonds is 7. The molecule has 1 N–H and O–H groups in total. The van der Waals surface area contributed by atoms with Crippen LogP contribution < -0.4 is 9.62 Å². The Labute approximate surface area is 127 Å². The number of sulfonamides is 1. The molecular weight excluding hydrogens is 288 g/mol. The van der Waals surface area contributed by atoms with Crippen molar-refractivity contribution >= 4 is 21.6 Å². The quantitative estimate of drug-likeness (QED) is 0.838. The van der Waals surface area contributed by atoms with E-state index in [4.69, 9.17) is 0 Å². The zero-order valence-corrected chi connectivity index (χ0v) is 13.9. The average molecular weight is 312 g/mol. The maximum absolute atomic E-state index is 11.9. The Balaban J connectivity index is 2.96. The number of hydrogen-bond acceptors (Lipinski definition) is 3. The van der Waals surface area contributed by atoms with Crippen LogP contribution in [0.1, 0.15) is 38.7 Å². The molecule has 0 atom stereocenters. The zero-order valence-electron chi connectivity index (χ0n) is 13.1. The monoisotopic (exact) mass is 312 g/mol. The normalized spacial score (nSPS) is 11.5. The highest BCUT2D eigenvalue weighted by atomic mass is 32.2. The Morgan fingerprint density at radius 2 is 1.81 bits per heavy atom. The molecule has 21 heavy (non-hydrogen) atoms. The summed E-state index contributed by atoms with van der Waals surface area (Å²) >= 11 is 0. The summed E-state index contributed by atoms with van der Waals surface area (Å²) in [7, 11) is -3.50. The number of hydrogen-bond donors (Lipinski definition) is 1. The fraction of sp³-hybridized carbons (Fsp3) is 0.533. The van der Waals surface area contributed by atoms with E-state index >= 15 is 0 Å². The van der Waals surface area contributed by atoms with E-state index in [1.165, 1.54) is 0 Å². The van der Waals surface area contributed by atoms with Gasteiger partial charge in [-0.3, -0.25) is 9.10 Å². The van der Waals surface area contributed by atoms with Crippen LogP contribution in [0.25, 0.3) is 0 Å². The van der Waals surface area contributed by atoms with Crippen molar-refractivity contribution in [2.24, 2.45) is 0 Å². The van der Waals surface area contributed by atoms with Gasteiger partial charge in [-0.25, -0.2) is 8.42 Å². The number of nitrogens with zero attached hydrogens (tertiary/aromatic N) is 1. The van der Waals surface area contributed by atoms with E-state index in [0.717, 1.165) is 22.5 Å². The van der Waals surface area contributed by atoms with Crippen LogP contribution in [0.2, 0.25) is 0 Å². The SMILES string of the molecule is CCCNC(=O)CN(c1ccc(C(C)C)cc1)S(C)(=O)=O. The van der Waals surface area contributed by atoms with E-state index in [-0.39, 0.29) is 12.5 Å². The van der Waals surface area contributed by atoms with Gasteiger partial charge in [0.25, 0.3) is 0 Å². The molecule has 0 aliphatic carbocycles. The van der Waals surface area contributed by atoms with Crippen LogP contribution in [-0.2, 0) is 14.8 Å². The first-order chi connectivity index (χ1) is 9.75. The molecule has 0 saturated heterocycles. The van der Waals surface area contributed by atoms with Crippen molar-refractivity contribution in [1.29, 1.82) is 0 Å². The Bertz CT molecular complexity index is 565. The molecule has 0 unspecified atom stereocenters. The second-order valence-electron chi connectivity index (χ2n) is 5.37. The maximum Gasteiger partial charge on any atom is 0.240 e. The smallest absolute Gasteiger partial charge is 0.240 e. The van der Waals surface area contributed by atoms with Crippen LogP contribution >= 0.6 is 0 Å². The van der Waals surface area contributed by atoms with Gasteiger partial charge in [0, 0.05) is 6.54 Å². The lowest BCUT2D eigenvalue weighted by Crippen LogP contribution is -2.40. The van der Waals surface area contributed by atoms with E-state index in [1.807, 2.05) is 19.1 Å². The predicted molar refractivity (Wildman–Crippen MR) is 86.0 cm³/mol. The van der Waals surface area contributed by atoms with Gasteiger partial charge in [-0.1, -0.05) is 32.9 Å². The van der Waals surface area contributed by atoms with Gasteiger partial charge in [-0.2, -0.15) is 0 Å². The summed E-state index contributed by atoms with van der Waals surface area (Å²) in [6.07, 6.45) is 1.92. The second kappa shape index (κ2) is 7.45. The first-order valence-corrected chi connectivity index (χ1v) is 8.95. The van der Waals surface area contributed by atoms with E-state index < -0.39 is 10.0 Å².